The Kier molecular flexibility index (Phi) is 4.04. The van der Waals surface area contributed by atoms with Crippen LogP contribution in [0.1, 0.15) is 12.8 Å². The summed E-state index contributed by atoms with van der Waals surface area (Å²) in [7, 11) is 0. The highest BCUT2D eigenvalue weighted by Gasteiger charge is 2.23. The van der Waals surface area contributed by atoms with Gasteiger partial charge < -0.3 is 5.11 Å². The maximum Gasteiger partial charge on any atom is 0.332 e. The molecule has 1 saturated heterocycles. The van der Waals surface area contributed by atoms with E-state index in [1.807, 2.05) is 0 Å². The number of carbonyl (C=O) groups excluding carboxylic acids is 1. The highest BCUT2D eigenvalue weighted by Crippen LogP contribution is 2.25. The van der Waals surface area contributed by atoms with Crippen LogP contribution in [0.3, 0.4) is 0 Å². The number of carbonyl (C=O) groups is 2. The Hall–Kier alpha value is -0.750. The van der Waals surface area contributed by atoms with Gasteiger partial charge in [-0.25, -0.2) is 10.3 Å². The first-order chi connectivity index (χ1) is 6.20. The van der Waals surface area contributed by atoms with Crippen LogP contribution in [0.25, 0.3) is 0 Å². The van der Waals surface area contributed by atoms with E-state index in [0.29, 0.717) is 0 Å². The molecule has 2 N–H and O–H groups in total. The van der Waals surface area contributed by atoms with Crippen LogP contribution in [0.15, 0.2) is 0 Å². The first-order valence-electron chi connectivity index (χ1n) is 3.95. The molecule has 1 aliphatic heterocycles. The van der Waals surface area contributed by atoms with Crippen molar-refractivity contribution in [3.8, 4) is 0 Å². The average Bonchev–Trinajstić information content (AvgIpc) is 2.55. The van der Waals surface area contributed by atoms with Crippen LogP contribution >= 0.6 is 11.8 Å². The first-order valence-corrected chi connectivity index (χ1v) is 5.00. The monoisotopic (exact) mass is 205 g/mol. The van der Waals surface area contributed by atoms with Crippen molar-refractivity contribution in [3.05, 3.63) is 0 Å². The number of hydrogen-bond donors (Lipinski definition) is 2. The van der Waals surface area contributed by atoms with Crippen molar-refractivity contribution in [1.29, 1.82) is 0 Å². The molecule has 0 aromatic rings. The maximum atomic E-state index is 11.2. The lowest BCUT2D eigenvalue weighted by molar-refractivity contribution is -0.149. The largest absolute Gasteiger partial charge is 0.479 e. The van der Waals surface area contributed by atoms with Crippen LogP contribution in [0.2, 0.25) is 0 Å². The number of carboxylic acid groups (broad SMARTS) is 1. The number of hydrogen-bond acceptors (Lipinski definition) is 4. The molecule has 6 heteroatoms. The molecule has 1 atom stereocenters. The van der Waals surface area contributed by atoms with Gasteiger partial charge in [-0.15, -0.1) is 11.8 Å². The number of amides is 1. The van der Waals surface area contributed by atoms with E-state index in [0.717, 1.165) is 18.6 Å². The summed E-state index contributed by atoms with van der Waals surface area (Å²) in [5.41, 5.74) is 2.12. The Bertz CT molecular complexity index is 203. The zero-order valence-corrected chi connectivity index (χ0v) is 7.80. The average molecular weight is 205 g/mol. The molecular weight excluding hydrogens is 194 g/mol. The molecule has 0 aliphatic carbocycles. The van der Waals surface area contributed by atoms with E-state index in [-0.39, 0.29) is 11.2 Å². The van der Waals surface area contributed by atoms with Crippen molar-refractivity contribution in [1.82, 2.24) is 5.48 Å². The standard InChI is InChI=1S/C7H11NO4S/c9-6(10)4-12-8-7(11)5-2-1-3-13-5/h5H,1-4H2,(H,8,11)(H,9,10). The number of aliphatic carboxylic acids is 1. The molecule has 1 rings (SSSR count). The third-order valence-corrected chi connectivity index (χ3v) is 2.97. The van der Waals surface area contributed by atoms with Gasteiger partial charge in [-0.3, -0.25) is 9.63 Å². The van der Waals surface area contributed by atoms with Gasteiger partial charge in [-0.1, -0.05) is 0 Å². The molecule has 0 aromatic carbocycles. The lowest BCUT2D eigenvalue weighted by Crippen LogP contribution is -2.32. The van der Waals surface area contributed by atoms with Gasteiger partial charge in [0.05, 0.1) is 5.25 Å². The summed E-state index contributed by atoms with van der Waals surface area (Å²) in [6.07, 6.45) is 1.87. The molecule has 0 bridgehead atoms. The fourth-order valence-electron chi connectivity index (χ4n) is 1.02. The minimum atomic E-state index is -1.10. The molecule has 5 nitrogen and oxygen atoms in total. The van der Waals surface area contributed by atoms with Gasteiger partial charge in [0.25, 0.3) is 5.91 Å². The lowest BCUT2D eigenvalue weighted by atomic mass is 10.2. The predicted octanol–water partition coefficient (Wildman–Crippen LogP) is 0.0144. The number of carboxylic acids is 1. The molecule has 0 radical (unpaired) electrons. The second-order valence-corrected chi connectivity index (χ2v) is 3.96. The van der Waals surface area contributed by atoms with Crippen LogP contribution in [0.5, 0.6) is 0 Å². The summed E-state index contributed by atoms with van der Waals surface area (Å²) in [6, 6.07) is 0. The Labute approximate surface area is 79.8 Å². The van der Waals surface area contributed by atoms with E-state index in [1.54, 1.807) is 11.8 Å². The van der Waals surface area contributed by atoms with E-state index >= 15 is 0 Å². The Morgan fingerprint density at radius 1 is 1.62 bits per heavy atom. The van der Waals surface area contributed by atoms with Crippen LogP contribution in [-0.2, 0) is 14.4 Å². The van der Waals surface area contributed by atoms with Crippen molar-refractivity contribution in [3.63, 3.8) is 0 Å². The second-order valence-electron chi connectivity index (χ2n) is 2.65. The zero-order chi connectivity index (χ0) is 9.68. The van der Waals surface area contributed by atoms with Gasteiger partial charge in [0.15, 0.2) is 6.61 Å². The second kappa shape index (κ2) is 5.08. The fourth-order valence-corrected chi connectivity index (χ4v) is 2.17. The molecule has 1 unspecified atom stereocenters. The fraction of sp³-hybridized carbons (Fsp3) is 0.714. The Morgan fingerprint density at radius 3 is 2.92 bits per heavy atom. The number of nitrogens with one attached hydrogen (secondary N) is 1. The molecule has 0 aromatic heterocycles. The molecular formula is C7H11NO4S. The summed E-state index contributed by atoms with van der Waals surface area (Å²) in [5, 5.41) is 8.14. The summed E-state index contributed by atoms with van der Waals surface area (Å²) < 4.78 is 0. The van der Waals surface area contributed by atoms with Gasteiger partial charge in [0.2, 0.25) is 0 Å². The van der Waals surface area contributed by atoms with Crippen molar-refractivity contribution in [2.45, 2.75) is 18.1 Å². The van der Waals surface area contributed by atoms with Crippen molar-refractivity contribution < 1.29 is 19.5 Å². The number of rotatable bonds is 4. The van der Waals surface area contributed by atoms with Crippen molar-refractivity contribution in [2.75, 3.05) is 12.4 Å². The molecule has 13 heavy (non-hydrogen) atoms. The summed E-state index contributed by atoms with van der Waals surface area (Å²) in [5.74, 6) is -0.347. The molecule has 74 valence electrons. The maximum absolute atomic E-state index is 11.2. The van der Waals surface area contributed by atoms with Crippen molar-refractivity contribution >= 4 is 23.6 Å². The SMILES string of the molecule is O=C(O)CONC(=O)C1CCCS1. The minimum Gasteiger partial charge on any atom is -0.479 e. The third kappa shape index (κ3) is 3.65. The normalized spacial score (nSPS) is 21.4. The number of hydroxylamine groups is 1. The minimum absolute atomic E-state index is 0.0752. The van der Waals surface area contributed by atoms with Gasteiger partial charge in [0.1, 0.15) is 0 Å². The van der Waals surface area contributed by atoms with E-state index < -0.39 is 12.6 Å². The molecule has 1 fully saturated rings. The predicted molar refractivity (Wildman–Crippen MR) is 47.2 cm³/mol. The topological polar surface area (TPSA) is 75.6 Å². The van der Waals surface area contributed by atoms with Gasteiger partial charge in [-0.05, 0) is 18.6 Å². The summed E-state index contributed by atoms with van der Waals surface area (Å²) >= 11 is 1.57. The van der Waals surface area contributed by atoms with Crippen LogP contribution < -0.4 is 5.48 Å². The Morgan fingerprint density at radius 2 is 2.38 bits per heavy atom. The highest BCUT2D eigenvalue weighted by molar-refractivity contribution is 8.00. The Balaban J connectivity index is 2.13. The van der Waals surface area contributed by atoms with Crippen LogP contribution in [0, 0.1) is 0 Å². The van der Waals surface area contributed by atoms with E-state index in [9.17, 15) is 9.59 Å². The van der Waals surface area contributed by atoms with Gasteiger partial charge in [-0.2, -0.15) is 0 Å². The molecule has 1 aliphatic rings. The summed E-state index contributed by atoms with van der Waals surface area (Å²) in [4.78, 5) is 25.7. The van der Waals surface area contributed by atoms with E-state index in [2.05, 4.69) is 10.3 Å². The smallest absolute Gasteiger partial charge is 0.332 e. The molecule has 1 amide bonds. The molecule has 0 saturated carbocycles. The van der Waals surface area contributed by atoms with Crippen LogP contribution in [-0.4, -0.2) is 34.6 Å². The van der Waals surface area contributed by atoms with Gasteiger partial charge >= 0.3 is 5.97 Å². The summed E-state index contributed by atoms with van der Waals surface area (Å²) in [6.45, 7) is -0.497. The first kappa shape index (κ1) is 10.3. The van der Waals surface area contributed by atoms with Crippen molar-refractivity contribution in [2.24, 2.45) is 0 Å². The molecule has 0 spiro atoms. The highest BCUT2D eigenvalue weighted by atomic mass is 32.2. The van der Waals surface area contributed by atoms with Crippen LogP contribution in [0.4, 0.5) is 0 Å². The molecule has 1 heterocycles. The van der Waals surface area contributed by atoms with Gasteiger partial charge in [0, 0.05) is 0 Å². The lowest BCUT2D eigenvalue weighted by Gasteiger charge is -2.07. The zero-order valence-electron chi connectivity index (χ0n) is 6.99. The third-order valence-electron chi connectivity index (χ3n) is 1.59. The number of thioether (sulfide) groups is 1. The van der Waals surface area contributed by atoms with E-state index in [4.69, 9.17) is 5.11 Å². The van der Waals surface area contributed by atoms with E-state index in [1.165, 1.54) is 0 Å². The quantitative estimate of drug-likeness (QED) is 0.632.